The monoisotopic (exact) mass is 506 g/mol. The fourth-order valence-corrected chi connectivity index (χ4v) is 1.59. The SMILES string of the molecule is CCCCCN(CCCCC)C(O)=S.NC(O)=S.[BiH3]. The Balaban J connectivity index is -0.000000448. The van der Waals surface area contributed by atoms with E-state index in [4.69, 9.17) is 17.3 Å². The third-order valence-corrected chi connectivity index (χ3v) is 2.59. The average Bonchev–Trinajstić information content (AvgIpc) is 2.26. The Bertz CT molecular complexity index is 218. The van der Waals surface area contributed by atoms with E-state index >= 15 is 0 Å². The molecule has 0 aromatic carbocycles. The summed E-state index contributed by atoms with van der Waals surface area (Å²) in [5, 5.41) is 16.4. The van der Waals surface area contributed by atoms with E-state index in [1.165, 1.54) is 25.7 Å². The van der Waals surface area contributed by atoms with Crippen molar-refractivity contribution in [3.05, 3.63) is 0 Å². The number of thiocarbonyl (C=S) groups is 2. The van der Waals surface area contributed by atoms with Crippen molar-refractivity contribution in [1.29, 1.82) is 0 Å². The summed E-state index contributed by atoms with van der Waals surface area (Å²) in [7, 11) is 0. The molecule has 0 saturated carbocycles. The fraction of sp³-hybridized carbons (Fsp3) is 0.833. The van der Waals surface area contributed by atoms with Crippen LogP contribution in [0, 0.1) is 0 Å². The Morgan fingerprint density at radius 1 is 0.947 bits per heavy atom. The maximum atomic E-state index is 9.27. The summed E-state index contributed by atoms with van der Waals surface area (Å²) in [5.41, 5.74) is 4.40. The van der Waals surface area contributed by atoms with Crippen LogP contribution in [0.25, 0.3) is 0 Å². The van der Waals surface area contributed by atoms with Crippen LogP contribution in [0.1, 0.15) is 52.4 Å². The van der Waals surface area contributed by atoms with Gasteiger partial charge in [-0.15, -0.1) is 0 Å². The molecule has 0 aromatic heterocycles. The van der Waals surface area contributed by atoms with Gasteiger partial charge in [0.15, 0.2) is 0 Å². The van der Waals surface area contributed by atoms with Crippen molar-refractivity contribution < 1.29 is 10.2 Å². The van der Waals surface area contributed by atoms with E-state index in [-0.39, 0.29) is 31.4 Å². The summed E-state index contributed by atoms with van der Waals surface area (Å²) in [6, 6.07) is 0. The molecule has 0 heterocycles. The average molecular weight is 506 g/mol. The number of nitrogens with two attached hydrogens (primary N) is 1. The number of hydrogen-bond acceptors (Lipinski definition) is 2. The topological polar surface area (TPSA) is 69.7 Å². The van der Waals surface area contributed by atoms with Gasteiger partial charge in [-0.3, -0.25) is 0 Å². The summed E-state index contributed by atoms with van der Waals surface area (Å²) >= 11 is 8.67. The third-order valence-electron chi connectivity index (χ3n) is 2.33. The van der Waals surface area contributed by atoms with E-state index in [1.54, 1.807) is 0 Å². The molecule has 0 amide bonds. The molecule has 116 valence electrons. The zero-order valence-electron chi connectivity index (χ0n) is 12.1. The Hall–Kier alpha value is 0.263. The third kappa shape index (κ3) is 23.7. The number of nitrogens with zero attached hydrogens (tertiary/aromatic N) is 1. The van der Waals surface area contributed by atoms with Crippen molar-refractivity contribution in [3.8, 4) is 0 Å². The quantitative estimate of drug-likeness (QED) is 0.266. The number of hydrogen-bond donors (Lipinski definition) is 3. The summed E-state index contributed by atoms with van der Waals surface area (Å²) in [4.78, 5) is 1.92. The van der Waals surface area contributed by atoms with Crippen LogP contribution in [0.15, 0.2) is 0 Å². The van der Waals surface area contributed by atoms with Gasteiger partial charge >= 0.3 is 26.2 Å². The molecule has 0 spiro atoms. The van der Waals surface area contributed by atoms with E-state index in [2.05, 4.69) is 31.8 Å². The van der Waals surface area contributed by atoms with Crippen LogP contribution >= 0.6 is 24.4 Å². The standard InChI is InChI=1S/C11H23NOS.CH3NOS.Bi.3H/c1-3-5-7-9-12(11(13)14)10-8-6-4-2;2-1(3)4;;;;/h3-10H2,1-2H3,(H,13,14);(H3,2,3,4);;;;. The Morgan fingerprint density at radius 3 is 1.47 bits per heavy atom. The molecule has 0 fully saturated rings. The van der Waals surface area contributed by atoms with Crippen LogP contribution in [0.5, 0.6) is 0 Å². The second-order valence-electron chi connectivity index (χ2n) is 4.02. The molecule has 0 unspecified atom stereocenters. The molecule has 4 nitrogen and oxygen atoms in total. The van der Waals surface area contributed by atoms with Crippen LogP contribution in [-0.2, 0) is 0 Å². The van der Waals surface area contributed by atoms with Crippen molar-refractivity contribution >= 4 is 61.0 Å². The van der Waals surface area contributed by atoms with E-state index in [1.807, 2.05) is 4.90 Å². The summed E-state index contributed by atoms with van der Waals surface area (Å²) in [5.74, 6) is 0. The van der Waals surface area contributed by atoms with Gasteiger partial charge in [-0.1, -0.05) is 39.5 Å². The van der Waals surface area contributed by atoms with Gasteiger partial charge in [0.2, 0.25) is 0 Å². The molecule has 0 aromatic rings. The molecular weight excluding hydrogens is 477 g/mol. The molecule has 0 aliphatic carbocycles. The minimum atomic E-state index is -0.500. The predicted octanol–water partition coefficient (Wildman–Crippen LogP) is 2.12. The first-order valence-corrected chi connectivity index (χ1v) is 7.23. The fourth-order valence-electron chi connectivity index (χ4n) is 1.41. The maximum absolute atomic E-state index is 9.27. The van der Waals surface area contributed by atoms with Gasteiger partial charge in [0.1, 0.15) is 0 Å². The second-order valence-corrected chi connectivity index (χ2v) is 4.81. The Kier molecular flexibility index (Phi) is 23.4. The van der Waals surface area contributed by atoms with Gasteiger partial charge < -0.3 is 20.8 Å². The molecule has 0 aliphatic heterocycles. The molecule has 0 aliphatic rings. The molecule has 4 N–H and O–H groups in total. The van der Waals surface area contributed by atoms with Crippen molar-refractivity contribution in [2.24, 2.45) is 5.73 Å². The van der Waals surface area contributed by atoms with Crippen molar-refractivity contribution in [1.82, 2.24) is 4.90 Å². The zero-order valence-corrected chi connectivity index (χ0v) is 19.2. The number of unbranched alkanes of at least 4 members (excludes halogenated alkanes) is 4. The molecule has 0 rings (SSSR count). The molecule has 0 bridgehead atoms. The summed E-state index contributed by atoms with van der Waals surface area (Å²) < 4.78 is 0. The molecule has 0 saturated heterocycles. The molecule has 0 radical (unpaired) electrons. The van der Waals surface area contributed by atoms with Gasteiger partial charge in [-0.2, -0.15) is 0 Å². The van der Waals surface area contributed by atoms with Crippen LogP contribution in [0.2, 0.25) is 0 Å². The molecule has 0 atom stereocenters. The second kappa shape index (κ2) is 18.3. The molecular formula is C12H29BiN2O2S2. The first-order chi connectivity index (χ1) is 8.45. The number of aliphatic hydroxyl groups excluding tert-OH is 2. The van der Waals surface area contributed by atoms with Gasteiger partial charge in [0, 0.05) is 13.1 Å². The summed E-state index contributed by atoms with van der Waals surface area (Å²) in [6.07, 6.45) is 7.11. The van der Waals surface area contributed by atoms with E-state index < -0.39 is 5.17 Å². The molecule has 19 heavy (non-hydrogen) atoms. The van der Waals surface area contributed by atoms with Gasteiger partial charge in [-0.05, 0) is 37.3 Å². The first kappa shape index (κ1) is 24.3. The van der Waals surface area contributed by atoms with Crippen LogP contribution in [-0.4, -0.2) is 64.8 Å². The van der Waals surface area contributed by atoms with Gasteiger partial charge in [0.05, 0.1) is 0 Å². The van der Waals surface area contributed by atoms with Crippen LogP contribution in [0.3, 0.4) is 0 Å². The Morgan fingerprint density at radius 2 is 1.26 bits per heavy atom. The normalized spacial score (nSPS) is 8.74. The van der Waals surface area contributed by atoms with Gasteiger partial charge in [-0.25, -0.2) is 0 Å². The summed E-state index contributed by atoms with van der Waals surface area (Å²) in [6.45, 7) is 6.18. The number of aliphatic hydroxyl groups is 2. The van der Waals surface area contributed by atoms with E-state index in [9.17, 15) is 5.11 Å². The van der Waals surface area contributed by atoms with Crippen molar-refractivity contribution in [3.63, 3.8) is 0 Å². The number of rotatable bonds is 8. The Labute approximate surface area is 146 Å². The van der Waals surface area contributed by atoms with Crippen molar-refractivity contribution in [2.45, 2.75) is 52.4 Å². The first-order valence-electron chi connectivity index (χ1n) is 6.41. The van der Waals surface area contributed by atoms with Crippen LogP contribution < -0.4 is 5.73 Å². The van der Waals surface area contributed by atoms with Crippen LogP contribution in [0.4, 0.5) is 0 Å². The van der Waals surface area contributed by atoms with Crippen molar-refractivity contribution in [2.75, 3.05) is 13.1 Å². The molecule has 7 heteroatoms. The zero-order chi connectivity index (χ0) is 14.4. The minimum absolute atomic E-state index is 0. The predicted molar refractivity (Wildman–Crippen MR) is 95.2 cm³/mol. The van der Waals surface area contributed by atoms with E-state index in [0.717, 1.165) is 25.9 Å². The van der Waals surface area contributed by atoms with Gasteiger partial charge in [0.25, 0.3) is 10.3 Å². The van der Waals surface area contributed by atoms with E-state index in [0.29, 0.717) is 0 Å².